The lowest BCUT2D eigenvalue weighted by atomic mass is 9.96. The molecule has 0 aliphatic carbocycles. The van der Waals surface area contributed by atoms with Crippen molar-refractivity contribution in [3.8, 4) is 0 Å². The van der Waals surface area contributed by atoms with Crippen LogP contribution >= 0.6 is 0 Å². The van der Waals surface area contributed by atoms with Gasteiger partial charge in [0.05, 0.1) is 12.1 Å². The summed E-state index contributed by atoms with van der Waals surface area (Å²) in [5.74, 6) is -1.34. The van der Waals surface area contributed by atoms with Gasteiger partial charge in [-0.15, -0.1) is 0 Å². The van der Waals surface area contributed by atoms with Gasteiger partial charge in [0.1, 0.15) is 0 Å². The molecule has 0 spiro atoms. The molecule has 0 saturated carbocycles. The standard InChI is InChI=1S/C17H24N2O4/c1-11(12(2)19-23-17(3,4)16(21)22)9-13-5-7-14(8-6-13)10-15(18)20/h5-8,11H,9-10H2,1-4H3,(H2,18,20)(H,21,22)/b19-12+/i/hD. The summed E-state index contributed by atoms with van der Waals surface area (Å²) in [6, 6.07) is 7.57. The maximum absolute atomic E-state index is 11.2. The largest absolute Gasteiger partial charge is 0.478 e. The van der Waals surface area contributed by atoms with Crippen LogP contribution in [0.3, 0.4) is 0 Å². The van der Waals surface area contributed by atoms with Gasteiger partial charge in [-0.05, 0) is 38.3 Å². The quantitative estimate of drug-likeness (QED) is 0.565. The molecule has 1 aromatic rings. The average molecular weight is 321 g/mol. The Bertz CT molecular complexity index is 612. The number of amides is 1. The van der Waals surface area contributed by atoms with Crippen molar-refractivity contribution >= 4 is 17.6 Å². The number of nitrogens with two attached hydrogens (primary N) is 1. The number of hydrogen-bond acceptors (Lipinski definition) is 4. The molecule has 6 heteroatoms. The van der Waals surface area contributed by atoms with E-state index in [9.17, 15) is 9.59 Å². The second kappa shape index (κ2) is 7.76. The third-order valence-corrected chi connectivity index (χ3v) is 3.58. The Morgan fingerprint density at radius 2 is 1.91 bits per heavy atom. The van der Waals surface area contributed by atoms with Gasteiger partial charge < -0.3 is 15.7 Å². The highest BCUT2D eigenvalue weighted by atomic mass is 16.7. The molecule has 1 rings (SSSR count). The van der Waals surface area contributed by atoms with Crippen molar-refractivity contribution < 1.29 is 20.9 Å². The van der Waals surface area contributed by atoms with Gasteiger partial charge >= 0.3 is 5.97 Å². The van der Waals surface area contributed by atoms with Crippen LogP contribution < -0.4 is 5.73 Å². The van der Waals surface area contributed by atoms with Crippen LogP contribution in [-0.4, -0.2) is 28.3 Å². The number of carbonyl (C=O) groups excluding carboxylic acids is 1. The first-order valence-corrected chi connectivity index (χ1v) is 7.40. The fourth-order valence-electron chi connectivity index (χ4n) is 1.79. The number of nitrogens with zero attached hydrogens (tertiary/aromatic N) is 1. The van der Waals surface area contributed by atoms with Crippen LogP contribution in [0.2, 0.25) is 1.41 Å². The second-order valence-corrected chi connectivity index (χ2v) is 6.16. The molecule has 0 aliphatic rings. The van der Waals surface area contributed by atoms with Crippen molar-refractivity contribution in [1.82, 2.24) is 0 Å². The van der Waals surface area contributed by atoms with Gasteiger partial charge in [0.2, 0.25) is 11.5 Å². The first-order valence-electron chi connectivity index (χ1n) is 7.90. The lowest BCUT2D eigenvalue weighted by molar-refractivity contribution is -0.161. The zero-order valence-corrected chi connectivity index (χ0v) is 13.9. The van der Waals surface area contributed by atoms with Crippen molar-refractivity contribution in [2.75, 3.05) is 0 Å². The Hall–Kier alpha value is -2.37. The molecule has 1 unspecified atom stereocenters. The maximum atomic E-state index is 11.2. The smallest absolute Gasteiger partial charge is 0.350 e. The number of benzene rings is 1. The minimum atomic E-state index is -1.36. The van der Waals surface area contributed by atoms with Crippen LogP contribution in [0.5, 0.6) is 0 Å². The number of carboxylic acids is 1. The monoisotopic (exact) mass is 321 g/mol. The predicted octanol–water partition coefficient (Wildman–Crippen LogP) is 2.15. The van der Waals surface area contributed by atoms with Crippen LogP contribution in [0.15, 0.2) is 29.4 Å². The number of oxime groups is 1. The predicted molar refractivity (Wildman–Crippen MR) is 88.1 cm³/mol. The molecule has 0 aliphatic heterocycles. The second-order valence-electron chi connectivity index (χ2n) is 6.16. The van der Waals surface area contributed by atoms with Gasteiger partial charge in [0, 0.05) is 5.92 Å². The molecule has 1 aromatic carbocycles. The SMILES string of the molecule is [2H]NC(=O)Cc1ccc(CC(C)/C(C)=N/OC(C)(C)C(=O)O)cc1. The third kappa shape index (κ3) is 6.10. The van der Waals surface area contributed by atoms with Crippen LogP contribution in [0.25, 0.3) is 0 Å². The summed E-state index contributed by atoms with van der Waals surface area (Å²) in [7, 11) is 0. The molecule has 1 amide bonds. The van der Waals surface area contributed by atoms with Crippen molar-refractivity contribution in [1.29, 1.82) is 0 Å². The van der Waals surface area contributed by atoms with E-state index >= 15 is 0 Å². The van der Waals surface area contributed by atoms with E-state index in [1.165, 1.54) is 13.8 Å². The minimum absolute atomic E-state index is 0.0805. The highest BCUT2D eigenvalue weighted by molar-refractivity contribution is 5.84. The third-order valence-electron chi connectivity index (χ3n) is 3.58. The lowest BCUT2D eigenvalue weighted by Gasteiger charge is -2.18. The zero-order chi connectivity index (χ0) is 18.3. The molecule has 0 aromatic heterocycles. The number of primary amides is 1. The summed E-state index contributed by atoms with van der Waals surface area (Å²) in [4.78, 5) is 27.3. The number of hydrogen-bond donors (Lipinski definition) is 2. The molecule has 23 heavy (non-hydrogen) atoms. The summed E-state index contributed by atoms with van der Waals surface area (Å²) in [6.45, 7) is 6.68. The number of carbonyl (C=O) groups is 2. The molecule has 0 heterocycles. The van der Waals surface area contributed by atoms with Crippen LogP contribution in [0.4, 0.5) is 0 Å². The van der Waals surface area contributed by atoms with E-state index in [4.69, 9.17) is 11.4 Å². The minimum Gasteiger partial charge on any atom is -0.478 e. The van der Waals surface area contributed by atoms with Crippen LogP contribution in [0, 0.1) is 5.92 Å². The molecule has 0 fully saturated rings. The van der Waals surface area contributed by atoms with Crippen molar-refractivity contribution in [3.63, 3.8) is 0 Å². The molecular weight excluding hydrogens is 296 g/mol. The Morgan fingerprint density at radius 1 is 1.35 bits per heavy atom. The average Bonchev–Trinajstić information content (AvgIpc) is 2.54. The summed E-state index contributed by atoms with van der Waals surface area (Å²) in [5, 5.41) is 12.9. The van der Waals surface area contributed by atoms with E-state index in [1.54, 1.807) is 6.92 Å². The van der Waals surface area contributed by atoms with Crippen molar-refractivity contribution in [3.05, 3.63) is 35.4 Å². The maximum Gasteiger partial charge on any atom is 0.350 e. The van der Waals surface area contributed by atoms with Crippen LogP contribution in [-0.2, 0) is 27.3 Å². The highest BCUT2D eigenvalue weighted by Gasteiger charge is 2.29. The van der Waals surface area contributed by atoms with E-state index in [0.29, 0.717) is 5.71 Å². The topological polar surface area (TPSA) is 102 Å². The zero-order valence-electron chi connectivity index (χ0n) is 14.9. The summed E-state index contributed by atoms with van der Waals surface area (Å²) < 4.78 is 6.79. The summed E-state index contributed by atoms with van der Waals surface area (Å²) in [5.41, 5.74) is 3.11. The molecule has 0 radical (unpaired) electrons. The lowest BCUT2D eigenvalue weighted by Crippen LogP contribution is -2.33. The number of aliphatic carboxylic acids is 1. The van der Waals surface area contributed by atoms with E-state index in [-0.39, 0.29) is 18.2 Å². The fraction of sp³-hybridized carbons (Fsp3) is 0.471. The van der Waals surface area contributed by atoms with Gasteiger partial charge in [-0.2, -0.15) is 0 Å². The van der Waals surface area contributed by atoms with Crippen LogP contribution in [0.1, 0.15) is 38.8 Å². The molecule has 3 N–H and O–H groups in total. The first-order chi connectivity index (χ1) is 11.2. The fourth-order valence-corrected chi connectivity index (χ4v) is 1.79. The van der Waals surface area contributed by atoms with Crippen molar-refractivity contribution in [2.24, 2.45) is 16.8 Å². The molecule has 0 saturated heterocycles. The Labute approximate surface area is 137 Å². The van der Waals surface area contributed by atoms with E-state index in [2.05, 4.69) is 5.16 Å². The number of carboxylic acid groups (broad SMARTS) is 1. The highest BCUT2D eigenvalue weighted by Crippen LogP contribution is 2.15. The van der Waals surface area contributed by atoms with E-state index in [0.717, 1.165) is 17.5 Å². The molecular formula is C17H24N2O4. The van der Waals surface area contributed by atoms with Crippen molar-refractivity contribution in [2.45, 2.75) is 46.1 Å². The van der Waals surface area contributed by atoms with Gasteiger partial charge in [-0.1, -0.05) is 36.3 Å². The van der Waals surface area contributed by atoms with Gasteiger partial charge in [-0.25, -0.2) is 4.79 Å². The molecule has 126 valence electrons. The molecule has 0 bridgehead atoms. The Balaban J connectivity index is 2.65. The summed E-state index contributed by atoms with van der Waals surface area (Å²) >= 11 is 0. The van der Waals surface area contributed by atoms with Gasteiger partial charge in [-0.3, -0.25) is 4.79 Å². The normalized spacial score (nSPS) is 13.9. The Kier molecular flexibility index (Phi) is 5.73. The van der Waals surface area contributed by atoms with Gasteiger partial charge in [0.15, 0.2) is 1.41 Å². The van der Waals surface area contributed by atoms with E-state index < -0.39 is 11.6 Å². The first kappa shape index (κ1) is 17.0. The molecule has 6 nitrogen and oxygen atoms in total. The summed E-state index contributed by atoms with van der Waals surface area (Å²) in [6.07, 6.45) is 0.898. The number of rotatable bonds is 8. The molecule has 1 atom stereocenters. The Morgan fingerprint density at radius 3 is 2.43 bits per heavy atom. The van der Waals surface area contributed by atoms with E-state index in [1.807, 2.05) is 36.9 Å². The van der Waals surface area contributed by atoms with Gasteiger partial charge in [0.25, 0.3) is 0 Å².